The first kappa shape index (κ1) is 20.4. The van der Waals surface area contributed by atoms with Crippen LogP contribution < -0.4 is 0 Å². The van der Waals surface area contributed by atoms with Crippen LogP contribution in [0.25, 0.3) is 22.1 Å². The monoisotopic (exact) mass is 480 g/mol. The molecule has 10 nitrogen and oxygen atoms in total. The molecule has 1 fully saturated rings. The number of benzene rings is 2. The van der Waals surface area contributed by atoms with Crippen molar-refractivity contribution < 1.29 is 8.42 Å². The Morgan fingerprint density at radius 3 is 2.70 bits per heavy atom. The lowest BCUT2D eigenvalue weighted by Crippen LogP contribution is -2.38. The first-order chi connectivity index (χ1) is 16.1. The molecule has 6 rings (SSSR count). The Morgan fingerprint density at radius 1 is 1.00 bits per heavy atom. The third kappa shape index (κ3) is 3.50. The molecule has 3 aromatic heterocycles. The van der Waals surface area contributed by atoms with Crippen LogP contribution in [-0.4, -0.2) is 59.1 Å². The molecule has 1 saturated heterocycles. The number of rotatable bonds is 5. The van der Waals surface area contributed by atoms with Crippen LogP contribution in [0.2, 0.25) is 0 Å². The molecule has 12 heteroatoms. The van der Waals surface area contributed by atoms with E-state index < -0.39 is 10.0 Å². The second-order valence-corrected chi connectivity index (χ2v) is 10.5. The molecule has 0 radical (unpaired) electrons. The van der Waals surface area contributed by atoms with Gasteiger partial charge in [-0.3, -0.25) is 0 Å². The molecule has 0 bridgehead atoms. The van der Waals surface area contributed by atoms with Gasteiger partial charge in [-0.25, -0.2) is 18.1 Å². The fraction of sp³-hybridized carbons (Fsp3) is 0.286. The van der Waals surface area contributed by atoms with Gasteiger partial charge in [0, 0.05) is 31.4 Å². The summed E-state index contributed by atoms with van der Waals surface area (Å²) in [6.45, 7) is 1.37. The van der Waals surface area contributed by atoms with E-state index in [0.717, 1.165) is 28.6 Å². The smallest absolute Gasteiger partial charge is 0.245 e. The predicted molar refractivity (Wildman–Crippen MR) is 123 cm³/mol. The summed E-state index contributed by atoms with van der Waals surface area (Å²) in [5.41, 5.74) is 2.87. The molecule has 0 spiro atoms. The molecule has 5 aromatic rings. The number of nitrogens with zero attached hydrogens (tertiary/aromatic N) is 8. The van der Waals surface area contributed by atoms with Gasteiger partial charge in [0.05, 0.1) is 17.2 Å². The van der Waals surface area contributed by atoms with E-state index in [1.807, 2.05) is 35.1 Å². The Bertz CT molecular complexity index is 1550. The van der Waals surface area contributed by atoms with Crippen molar-refractivity contribution in [2.24, 2.45) is 0 Å². The SMILES string of the molecule is O=S(=O)(c1cccc2nsnc12)N1CCC(c2nccn2Cn2nnc3ccccc32)CC1. The molecule has 168 valence electrons. The van der Waals surface area contributed by atoms with Crippen molar-refractivity contribution in [1.29, 1.82) is 0 Å². The van der Waals surface area contributed by atoms with Crippen LogP contribution >= 0.6 is 11.7 Å². The molecule has 0 unspecified atom stereocenters. The Balaban J connectivity index is 1.21. The van der Waals surface area contributed by atoms with Crippen LogP contribution in [-0.2, 0) is 16.7 Å². The minimum absolute atomic E-state index is 0.165. The van der Waals surface area contributed by atoms with Crippen molar-refractivity contribution in [3.05, 3.63) is 60.7 Å². The lowest BCUT2D eigenvalue weighted by atomic mass is 9.97. The summed E-state index contributed by atoms with van der Waals surface area (Å²) in [5.74, 6) is 1.11. The van der Waals surface area contributed by atoms with Gasteiger partial charge in [-0.1, -0.05) is 23.4 Å². The molecule has 0 saturated carbocycles. The van der Waals surface area contributed by atoms with Crippen molar-refractivity contribution >= 4 is 43.8 Å². The van der Waals surface area contributed by atoms with Gasteiger partial charge in [0.2, 0.25) is 10.0 Å². The van der Waals surface area contributed by atoms with E-state index in [2.05, 4.69) is 28.6 Å². The molecule has 0 atom stereocenters. The zero-order valence-electron chi connectivity index (χ0n) is 17.5. The fourth-order valence-corrected chi connectivity index (χ4v) is 6.67. The van der Waals surface area contributed by atoms with E-state index in [9.17, 15) is 8.42 Å². The highest BCUT2D eigenvalue weighted by atomic mass is 32.2. The van der Waals surface area contributed by atoms with E-state index in [-0.39, 0.29) is 10.8 Å². The molecular formula is C21H20N8O2S2. The Hall–Kier alpha value is -3.22. The highest BCUT2D eigenvalue weighted by Gasteiger charge is 2.33. The summed E-state index contributed by atoms with van der Waals surface area (Å²) in [7, 11) is -3.64. The lowest BCUT2D eigenvalue weighted by molar-refractivity contribution is 0.308. The van der Waals surface area contributed by atoms with Crippen LogP contribution in [0.15, 0.2) is 59.8 Å². The van der Waals surface area contributed by atoms with Crippen molar-refractivity contribution in [2.75, 3.05) is 13.1 Å². The maximum atomic E-state index is 13.3. The molecule has 0 amide bonds. The summed E-state index contributed by atoms with van der Waals surface area (Å²) in [4.78, 5) is 4.82. The van der Waals surface area contributed by atoms with Crippen molar-refractivity contribution in [3.63, 3.8) is 0 Å². The second-order valence-electron chi connectivity index (χ2n) is 8.04. The molecule has 2 aromatic carbocycles. The third-order valence-electron chi connectivity index (χ3n) is 6.14. The quantitative estimate of drug-likeness (QED) is 0.380. The van der Waals surface area contributed by atoms with Gasteiger partial charge < -0.3 is 4.57 Å². The minimum Gasteiger partial charge on any atom is -0.314 e. The Labute approximate surface area is 193 Å². The molecule has 1 aliphatic heterocycles. The molecule has 0 N–H and O–H groups in total. The largest absolute Gasteiger partial charge is 0.314 e. The molecular weight excluding hydrogens is 460 g/mol. The minimum atomic E-state index is -3.64. The first-order valence-corrected chi connectivity index (χ1v) is 12.8. The third-order valence-corrected chi connectivity index (χ3v) is 8.61. The van der Waals surface area contributed by atoms with Gasteiger partial charge in [-0.2, -0.15) is 13.1 Å². The number of imidazole rings is 1. The standard InChI is InChI=1S/C21H20N8O2S2/c30-33(31,19-7-3-5-17-20(19)25-32-24-17)28-11-8-15(9-12-28)21-22-10-13-27(21)14-29-18-6-2-1-4-16(18)23-26-29/h1-7,10,13,15H,8-9,11-12,14H2. The maximum Gasteiger partial charge on any atom is 0.245 e. The second kappa shape index (κ2) is 7.97. The average Bonchev–Trinajstić information content (AvgIpc) is 3.59. The number of sulfonamides is 1. The van der Waals surface area contributed by atoms with Crippen LogP contribution in [0.5, 0.6) is 0 Å². The van der Waals surface area contributed by atoms with Crippen molar-refractivity contribution in [2.45, 2.75) is 30.3 Å². The number of para-hydroxylation sites is 1. The number of fused-ring (bicyclic) bond motifs is 2. The van der Waals surface area contributed by atoms with Gasteiger partial charge >= 0.3 is 0 Å². The van der Waals surface area contributed by atoms with E-state index in [4.69, 9.17) is 0 Å². The van der Waals surface area contributed by atoms with Gasteiger partial charge in [0.15, 0.2) is 0 Å². The van der Waals surface area contributed by atoms with Gasteiger partial charge in [0.1, 0.15) is 33.9 Å². The maximum absolute atomic E-state index is 13.3. The number of aromatic nitrogens is 7. The average molecular weight is 481 g/mol. The first-order valence-electron chi connectivity index (χ1n) is 10.6. The molecule has 33 heavy (non-hydrogen) atoms. The number of hydrogen-bond acceptors (Lipinski definition) is 8. The molecule has 1 aliphatic rings. The zero-order valence-corrected chi connectivity index (χ0v) is 19.2. The Kier molecular flexibility index (Phi) is 4.93. The predicted octanol–water partition coefficient (Wildman–Crippen LogP) is 2.71. The van der Waals surface area contributed by atoms with Crippen molar-refractivity contribution in [1.82, 2.24) is 37.6 Å². The van der Waals surface area contributed by atoms with Gasteiger partial charge in [-0.05, 0) is 37.1 Å². The van der Waals surface area contributed by atoms with E-state index in [0.29, 0.717) is 43.6 Å². The summed E-state index contributed by atoms with van der Waals surface area (Å²) >= 11 is 1.03. The number of hydrogen-bond donors (Lipinski definition) is 0. The molecule has 0 aliphatic carbocycles. The van der Waals surface area contributed by atoms with Crippen LogP contribution in [0.3, 0.4) is 0 Å². The van der Waals surface area contributed by atoms with Gasteiger partial charge in [-0.15, -0.1) is 5.10 Å². The molecule has 4 heterocycles. The number of piperidine rings is 1. The van der Waals surface area contributed by atoms with E-state index in [1.165, 1.54) is 0 Å². The van der Waals surface area contributed by atoms with Crippen LogP contribution in [0.4, 0.5) is 0 Å². The summed E-state index contributed by atoms with van der Waals surface area (Å²) in [5, 5.41) is 8.50. The highest BCUT2D eigenvalue weighted by Crippen LogP contribution is 2.32. The lowest BCUT2D eigenvalue weighted by Gasteiger charge is -2.31. The summed E-state index contributed by atoms with van der Waals surface area (Å²) in [6.07, 6.45) is 5.11. The normalized spacial score (nSPS) is 16.1. The highest BCUT2D eigenvalue weighted by molar-refractivity contribution is 7.89. The zero-order chi connectivity index (χ0) is 22.4. The summed E-state index contributed by atoms with van der Waals surface area (Å²) < 4.78 is 40.5. The topological polar surface area (TPSA) is 112 Å². The van der Waals surface area contributed by atoms with E-state index >= 15 is 0 Å². The Morgan fingerprint density at radius 2 is 1.82 bits per heavy atom. The fourth-order valence-electron chi connectivity index (χ4n) is 4.45. The van der Waals surface area contributed by atoms with Crippen LogP contribution in [0.1, 0.15) is 24.6 Å². The van der Waals surface area contributed by atoms with Crippen LogP contribution in [0, 0.1) is 0 Å². The van der Waals surface area contributed by atoms with Crippen molar-refractivity contribution in [3.8, 4) is 0 Å². The van der Waals surface area contributed by atoms with E-state index in [1.54, 1.807) is 28.7 Å². The summed E-state index contributed by atoms with van der Waals surface area (Å²) in [6, 6.07) is 12.9. The van der Waals surface area contributed by atoms with Gasteiger partial charge in [0.25, 0.3) is 0 Å².